The fraction of sp³-hybridized carbons (Fsp3) is 0.0556. The molecule has 0 spiro atoms. The van der Waals surface area contributed by atoms with Gasteiger partial charge >= 0.3 is 0 Å². The van der Waals surface area contributed by atoms with Gasteiger partial charge in [-0.15, -0.1) is 11.3 Å². The highest BCUT2D eigenvalue weighted by molar-refractivity contribution is 7.09. The van der Waals surface area contributed by atoms with Crippen LogP contribution in [0.3, 0.4) is 0 Å². The second kappa shape index (κ2) is 5.71. The topological polar surface area (TPSA) is 82.3 Å². The van der Waals surface area contributed by atoms with Crippen LogP contribution in [-0.4, -0.2) is 25.1 Å². The summed E-state index contributed by atoms with van der Waals surface area (Å²) in [5.74, 6) is 0.768. The fourth-order valence-electron chi connectivity index (χ4n) is 2.89. The van der Waals surface area contributed by atoms with Crippen molar-refractivity contribution in [3.63, 3.8) is 0 Å². The number of para-hydroxylation sites is 2. The first-order chi connectivity index (χ1) is 12.4. The smallest absolute Gasteiger partial charge is 0.159 e. The highest BCUT2D eigenvalue weighted by Gasteiger charge is 2.13. The summed E-state index contributed by atoms with van der Waals surface area (Å²) in [7, 11) is 0. The van der Waals surface area contributed by atoms with Crippen LogP contribution in [0, 0.1) is 0 Å². The molecule has 0 fully saturated rings. The average molecular weight is 346 g/mol. The molecule has 3 N–H and O–H groups in total. The number of fused-ring (bicyclic) bond motifs is 2. The SMILES string of the molecule is c1ccc2[nH]c(-c3n[nH]c4ccc(NCc5nccs5)cc34)nc2c1. The number of hydrogen-bond acceptors (Lipinski definition) is 5. The van der Waals surface area contributed by atoms with Gasteiger partial charge in [0.25, 0.3) is 0 Å². The molecule has 122 valence electrons. The summed E-state index contributed by atoms with van der Waals surface area (Å²) in [6.45, 7) is 0.709. The Balaban J connectivity index is 1.53. The van der Waals surface area contributed by atoms with Crippen LogP contribution in [0.2, 0.25) is 0 Å². The van der Waals surface area contributed by atoms with Crippen LogP contribution in [0.4, 0.5) is 5.69 Å². The van der Waals surface area contributed by atoms with Gasteiger partial charge < -0.3 is 10.3 Å². The number of benzene rings is 2. The van der Waals surface area contributed by atoms with Crippen molar-refractivity contribution in [3.05, 3.63) is 59.0 Å². The van der Waals surface area contributed by atoms with Crippen LogP contribution in [0.1, 0.15) is 5.01 Å². The van der Waals surface area contributed by atoms with Gasteiger partial charge in [0.05, 0.1) is 23.1 Å². The molecule has 0 unspecified atom stereocenters. The van der Waals surface area contributed by atoms with Gasteiger partial charge in [-0.1, -0.05) is 12.1 Å². The molecule has 25 heavy (non-hydrogen) atoms. The van der Waals surface area contributed by atoms with Gasteiger partial charge in [0.1, 0.15) is 10.7 Å². The molecule has 7 heteroatoms. The van der Waals surface area contributed by atoms with Crippen molar-refractivity contribution < 1.29 is 0 Å². The molecule has 3 heterocycles. The molecule has 2 aromatic carbocycles. The monoisotopic (exact) mass is 346 g/mol. The number of nitrogens with one attached hydrogen (secondary N) is 3. The van der Waals surface area contributed by atoms with Gasteiger partial charge in [0.2, 0.25) is 0 Å². The Labute approximate surface area is 147 Å². The number of aromatic amines is 2. The summed E-state index contributed by atoms with van der Waals surface area (Å²) in [5, 5.41) is 15.0. The van der Waals surface area contributed by atoms with E-state index in [0.717, 1.165) is 44.1 Å². The standard InChI is InChI=1S/C18H14N6S/c1-2-4-15-14(3-1)21-18(22-15)17-12-9-11(5-6-13(12)23-24-17)20-10-16-19-7-8-25-16/h1-9,20H,10H2,(H,21,22)(H,23,24). The van der Waals surface area contributed by atoms with Crippen molar-refractivity contribution in [2.75, 3.05) is 5.32 Å². The second-order valence-electron chi connectivity index (χ2n) is 5.71. The van der Waals surface area contributed by atoms with E-state index in [9.17, 15) is 0 Å². The Kier molecular flexibility index (Phi) is 3.24. The molecule has 3 aromatic heterocycles. The van der Waals surface area contributed by atoms with Gasteiger partial charge in [-0.3, -0.25) is 5.10 Å². The lowest BCUT2D eigenvalue weighted by atomic mass is 10.2. The zero-order valence-electron chi connectivity index (χ0n) is 13.2. The van der Waals surface area contributed by atoms with E-state index in [1.807, 2.05) is 48.0 Å². The number of aromatic nitrogens is 5. The van der Waals surface area contributed by atoms with E-state index in [-0.39, 0.29) is 0 Å². The Morgan fingerprint density at radius 2 is 2.04 bits per heavy atom. The Hall–Kier alpha value is -3.19. The summed E-state index contributed by atoms with van der Waals surface area (Å²) in [6, 6.07) is 14.1. The predicted octanol–water partition coefficient (Wildman–Crippen LogP) is 4.17. The molecule has 0 aliphatic rings. The molecule has 0 aliphatic carbocycles. The van der Waals surface area contributed by atoms with Crippen LogP contribution in [0.25, 0.3) is 33.5 Å². The minimum atomic E-state index is 0.709. The van der Waals surface area contributed by atoms with Gasteiger partial charge in [0, 0.05) is 22.7 Å². The number of hydrogen-bond donors (Lipinski definition) is 3. The highest BCUT2D eigenvalue weighted by atomic mass is 32.1. The van der Waals surface area contributed by atoms with Crippen LogP contribution < -0.4 is 5.32 Å². The summed E-state index contributed by atoms with van der Waals surface area (Å²) >= 11 is 1.64. The van der Waals surface area contributed by atoms with E-state index in [1.165, 1.54) is 0 Å². The van der Waals surface area contributed by atoms with Crippen LogP contribution in [0.5, 0.6) is 0 Å². The summed E-state index contributed by atoms with van der Waals surface area (Å²) in [6.07, 6.45) is 1.82. The van der Waals surface area contributed by atoms with E-state index >= 15 is 0 Å². The quantitative estimate of drug-likeness (QED) is 0.456. The number of imidazole rings is 1. The minimum absolute atomic E-state index is 0.709. The summed E-state index contributed by atoms with van der Waals surface area (Å²) in [5.41, 5.74) is 4.78. The van der Waals surface area contributed by atoms with E-state index in [2.05, 4.69) is 36.5 Å². The molecule has 0 saturated carbocycles. The zero-order valence-corrected chi connectivity index (χ0v) is 14.0. The maximum absolute atomic E-state index is 4.65. The minimum Gasteiger partial charge on any atom is -0.379 e. The van der Waals surface area contributed by atoms with Crippen molar-refractivity contribution in [2.24, 2.45) is 0 Å². The Morgan fingerprint density at radius 3 is 2.92 bits per heavy atom. The number of thiazole rings is 1. The maximum Gasteiger partial charge on any atom is 0.159 e. The molecule has 0 saturated heterocycles. The molecule has 0 atom stereocenters. The fourth-order valence-corrected chi connectivity index (χ4v) is 3.44. The molecule has 5 rings (SSSR count). The predicted molar refractivity (Wildman–Crippen MR) is 101 cm³/mol. The molecular weight excluding hydrogens is 332 g/mol. The van der Waals surface area contributed by atoms with E-state index in [1.54, 1.807) is 11.3 Å². The van der Waals surface area contributed by atoms with Gasteiger partial charge in [-0.25, -0.2) is 9.97 Å². The molecule has 5 aromatic rings. The van der Waals surface area contributed by atoms with Crippen LogP contribution in [-0.2, 0) is 6.54 Å². The summed E-state index contributed by atoms with van der Waals surface area (Å²) < 4.78 is 0. The first-order valence-electron chi connectivity index (χ1n) is 7.92. The van der Waals surface area contributed by atoms with Crippen molar-refractivity contribution in [3.8, 4) is 11.5 Å². The largest absolute Gasteiger partial charge is 0.379 e. The average Bonchev–Trinajstić information content (AvgIpc) is 3.37. The first-order valence-corrected chi connectivity index (χ1v) is 8.80. The number of anilines is 1. The maximum atomic E-state index is 4.65. The third-order valence-corrected chi connectivity index (χ3v) is 4.88. The lowest BCUT2D eigenvalue weighted by Crippen LogP contribution is -1.98. The molecular formula is C18H14N6S. The van der Waals surface area contributed by atoms with E-state index in [0.29, 0.717) is 6.54 Å². The number of H-pyrrole nitrogens is 2. The normalized spacial score (nSPS) is 11.4. The molecule has 0 amide bonds. The molecule has 0 aliphatic heterocycles. The van der Waals surface area contributed by atoms with E-state index in [4.69, 9.17) is 0 Å². The van der Waals surface area contributed by atoms with Crippen molar-refractivity contribution in [1.29, 1.82) is 0 Å². The summed E-state index contributed by atoms with van der Waals surface area (Å²) in [4.78, 5) is 12.3. The third-order valence-electron chi connectivity index (χ3n) is 4.10. The van der Waals surface area contributed by atoms with Gasteiger partial charge in [-0.2, -0.15) is 5.10 Å². The zero-order chi connectivity index (χ0) is 16.6. The van der Waals surface area contributed by atoms with Gasteiger partial charge in [-0.05, 0) is 30.3 Å². The van der Waals surface area contributed by atoms with Crippen molar-refractivity contribution >= 4 is 39.0 Å². The van der Waals surface area contributed by atoms with Crippen molar-refractivity contribution in [1.82, 2.24) is 25.1 Å². The van der Waals surface area contributed by atoms with Crippen molar-refractivity contribution in [2.45, 2.75) is 6.54 Å². The second-order valence-corrected chi connectivity index (χ2v) is 6.69. The molecule has 0 radical (unpaired) electrons. The lowest BCUT2D eigenvalue weighted by Gasteiger charge is -2.04. The first kappa shape index (κ1) is 14.2. The van der Waals surface area contributed by atoms with E-state index < -0.39 is 0 Å². The van der Waals surface area contributed by atoms with Gasteiger partial charge in [0.15, 0.2) is 5.82 Å². The Bertz CT molecular complexity index is 1120. The Morgan fingerprint density at radius 1 is 1.08 bits per heavy atom. The highest BCUT2D eigenvalue weighted by Crippen LogP contribution is 2.28. The molecule has 6 nitrogen and oxygen atoms in total. The third kappa shape index (κ3) is 2.54. The number of nitrogens with zero attached hydrogens (tertiary/aromatic N) is 3. The van der Waals surface area contributed by atoms with Crippen LogP contribution >= 0.6 is 11.3 Å². The molecule has 0 bridgehead atoms. The van der Waals surface area contributed by atoms with Crippen LogP contribution in [0.15, 0.2) is 54.0 Å². The lowest BCUT2D eigenvalue weighted by molar-refractivity contribution is 1.10. The number of rotatable bonds is 4.